The third kappa shape index (κ3) is 1.72. The maximum absolute atomic E-state index is 12.1. The highest BCUT2D eigenvalue weighted by atomic mass is 32.2. The van der Waals surface area contributed by atoms with Gasteiger partial charge in [0.25, 0.3) is 0 Å². The summed E-state index contributed by atoms with van der Waals surface area (Å²) in [6.45, 7) is 0.891. The summed E-state index contributed by atoms with van der Waals surface area (Å²) in [4.78, 5) is 0. The van der Waals surface area contributed by atoms with Crippen LogP contribution in [-0.4, -0.2) is 21.8 Å². The molecule has 3 heteroatoms. The van der Waals surface area contributed by atoms with Gasteiger partial charge in [0.15, 0.2) is 0 Å². The summed E-state index contributed by atoms with van der Waals surface area (Å²) in [5.74, 6) is 0.823. The van der Waals surface area contributed by atoms with Crippen molar-refractivity contribution in [2.45, 2.75) is 30.6 Å². The van der Waals surface area contributed by atoms with Crippen molar-refractivity contribution in [3.8, 4) is 0 Å². The number of rotatable bonds is 0. The van der Waals surface area contributed by atoms with E-state index in [2.05, 4.69) is 29.6 Å². The van der Waals surface area contributed by atoms with Crippen LogP contribution in [0, 0.1) is 0 Å². The molecule has 3 atom stereocenters. The van der Waals surface area contributed by atoms with Crippen LogP contribution in [0.2, 0.25) is 0 Å². The Hall–Kier alpha value is -0.670. The Bertz CT molecular complexity index is 418. The van der Waals surface area contributed by atoms with Gasteiger partial charge in [-0.15, -0.1) is 0 Å². The first-order chi connectivity index (χ1) is 7.86. The Morgan fingerprint density at radius 1 is 1.31 bits per heavy atom. The fourth-order valence-electron chi connectivity index (χ4n) is 2.92. The summed E-state index contributed by atoms with van der Waals surface area (Å²) >= 11 is 0. The van der Waals surface area contributed by atoms with Gasteiger partial charge < -0.3 is 5.32 Å². The summed E-state index contributed by atoms with van der Waals surface area (Å²) in [5, 5.41) is 3.89. The van der Waals surface area contributed by atoms with E-state index < -0.39 is 10.8 Å². The average molecular weight is 235 g/mol. The summed E-state index contributed by atoms with van der Waals surface area (Å²) in [7, 11) is -0.638. The second kappa shape index (κ2) is 4.30. The monoisotopic (exact) mass is 235 g/mol. The highest BCUT2D eigenvalue weighted by Gasteiger charge is 2.33. The zero-order valence-corrected chi connectivity index (χ0v) is 10.1. The molecule has 0 amide bonds. The molecule has 1 aliphatic carbocycles. The molecule has 1 aromatic rings. The van der Waals surface area contributed by atoms with Crippen LogP contribution in [0.25, 0.3) is 0 Å². The van der Waals surface area contributed by atoms with Gasteiger partial charge in [0.2, 0.25) is 0 Å². The molecule has 1 heterocycles. The van der Waals surface area contributed by atoms with Gasteiger partial charge >= 0.3 is 0 Å². The minimum absolute atomic E-state index is 0.327. The van der Waals surface area contributed by atoms with E-state index in [1.807, 2.05) is 0 Å². The van der Waals surface area contributed by atoms with E-state index in [0.717, 1.165) is 25.1 Å². The summed E-state index contributed by atoms with van der Waals surface area (Å²) in [6.07, 6.45) is 3.41. The molecule has 2 aliphatic rings. The second-order valence-corrected chi connectivity index (χ2v) is 6.42. The van der Waals surface area contributed by atoms with Crippen LogP contribution in [-0.2, 0) is 17.2 Å². The van der Waals surface area contributed by atoms with Gasteiger partial charge in [0.05, 0.1) is 5.25 Å². The number of nitrogens with one attached hydrogen (secondary N) is 1. The molecule has 1 aromatic carbocycles. The van der Waals surface area contributed by atoms with Gasteiger partial charge in [-0.3, -0.25) is 4.21 Å². The number of hydrogen-bond donors (Lipinski definition) is 1. The number of aryl methyl sites for hydroxylation is 1. The summed E-state index contributed by atoms with van der Waals surface area (Å²) in [5.41, 5.74) is 2.83. The van der Waals surface area contributed by atoms with Gasteiger partial charge in [-0.25, -0.2) is 0 Å². The molecular weight excluding hydrogens is 218 g/mol. The number of benzene rings is 1. The molecule has 3 unspecified atom stereocenters. The van der Waals surface area contributed by atoms with E-state index in [9.17, 15) is 4.21 Å². The molecule has 2 nitrogen and oxygen atoms in total. The second-order valence-electron chi connectivity index (χ2n) is 4.65. The van der Waals surface area contributed by atoms with Gasteiger partial charge in [-0.05, 0) is 30.4 Å². The average Bonchev–Trinajstić information content (AvgIpc) is 2.50. The highest BCUT2D eigenvalue weighted by Crippen LogP contribution is 2.33. The Kier molecular flexibility index (Phi) is 2.82. The molecule has 0 aromatic heterocycles. The maximum Gasteiger partial charge on any atom is 0.0543 e. The van der Waals surface area contributed by atoms with E-state index in [1.54, 1.807) is 0 Å². The van der Waals surface area contributed by atoms with Crippen LogP contribution < -0.4 is 5.32 Å². The third-order valence-electron chi connectivity index (χ3n) is 3.70. The molecule has 1 aliphatic heterocycles. The third-order valence-corrected chi connectivity index (χ3v) is 5.49. The first kappa shape index (κ1) is 10.5. The molecule has 16 heavy (non-hydrogen) atoms. The lowest BCUT2D eigenvalue weighted by molar-refractivity contribution is 0.485. The number of fused-ring (bicyclic) bond motifs is 3. The summed E-state index contributed by atoms with van der Waals surface area (Å²) < 4.78 is 12.1. The van der Waals surface area contributed by atoms with Crippen LogP contribution in [0.15, 0.2) is 24.3 Å². The van der Waals surface area contributed by atoms with Crippen molar-refractivity contribution in [2.75, 3.05) is 12.3 Å². The van der Waals surface area contributed by atoms with E-state index in [4.69, 9.17) is 0 Å². The van der Waals surface area contributed by atoms with Crippen molar-refractivity contribution < 1.29 is 4.21 Å². The quantitative estimate of drug-likeness (QED) is 0.743. The van der Waals surface area contributed by atoms with E-state index in [0.29, 0.717) is 11.3 Å². The minimum Gasteiger partial charge on any atom is -0.308 e. The fraction of sp³-hybridized carbons (Fsp3) is 0.538. The van der Waals surface area contributed by atoms with Crippen LogP contribution in [0.5, 0.6) is 0 Å². The first-order valence-corrected chi connectivity index (χ1v) is 7.43. The zero-order chi connectivity index (χ0) is 11.0. The topological polar surface area (TPSA) is 29.1 Å². The molecule has 86 valence electrons. The lowest BCUT2D eigenvalue weighted by Gasteiger charge is -2.31. The van der Waals surface area contributed by atoms with Crippen molar-refractivity contribution in [1.82, 2.24) is 5.32 Å². The van der Waals surface area contributed by atoms with Crippen molar-refractivity contribution in [3.63, 3.8) is 0 Å². The van der Waals surface area contributed by atoms with Crippen LogP contribution in [0.3, 0.4) is 0 Å². The van der Waals surface area contributed by atoms with Gasteiger partial charge in [-0.2, -0.15) is 0 Å². The van der Waals surface area contributed by atoms with Crippen molar-refractivity contribution in [3.05, 3.63) is 35.4 Å². The van der Waals surface area contributed by atoms with Crippen molar-refractivity contribution in [1.29, 1.82) is 0 Å². The standard InChI is InChI=1S/C13H17NOS/c15-16-9-8-14-13-11-6-2-1-4-10(11)5-3-7-12(13)16/h1-2,4,6,12-14H,3,5,7-9H2. The molecule has 0 radical (unpaired) electrons. The molecule has 0 bridgehead atoms. The summed E-state index contributed by atoms with van der Waals surface area (Å²) in [6, 6.07) is 8.96. The van der Waals surface area contributed by atoms with Gasteiger partial charge in [0, 0.05) is 29.1 Å². The molecule has 1 fully saturated rings. The molecule has 3 rings (SSSR count). The van der Waals surface area contributed by atoms with Gasteiger partial charge in [0.1, 0.15) is 0 Å². The molecular formula is C13H17NOS. The van der Waals surface area contributed by atoms with E-state index >= 15 is 0 Å². The van der Waals surface area contributed by atoms with Crippen molar-refractivity contribution >= 4 is 10.8 Å². The highest BCUT2D eigenvalue weighted by molar-refractivity contribution is 7.85. The Morgan fingerprint density at radius 2 is 2.19 bits per heavy atom. The van der Waals surface area contributed by atoms with E-state index in [-0.39, 0.29) is 0 Å². The SMILES string of the molecule is O=S1CCNC2c3ccccc3CCCC21. The predicted octanol–water partition coefficient (Wildman–Crippen LogP) is 1.78. The van der Waals surface area contributed by atoms with Crippen LogP contribution in [0.4, 0.5) is 0 Å². The molecule has 1 N–H and O–H groups in total. The molecule has 0 saturated carbocycles. The lowest BCUT2D eigenvalue weighted by Crippen LogP contribution is -2.43. The maximum atomic E-state index is 12.1. The smallest absolute Gasteiger partial charge is 0.0543 e. The Labute approximate surface area is 98.9 Å². The zero-order valence-electron chi connectivity index (χ0n) is 9.32. The fourth-order valence-corrected chi connectivity index (χ4v) is 4.51. The first-order valence-electron chi connectivity index (χ1n) is 6.04. The van der Waals surface area contributed by atoms with Crippen LogP contribution >= 0.6 is 0 Å². The Morgan fingerprint density at radius 3 is 3.12 bits per heavy atom. The number of hydrogen-bond acceptors (Lipinski definition) is 2. The minimum atomic E-state index is -0.638. The lowest BCUT2D eigenvalue weighted by atomic mass is 9.99. The van der Waals surface area contributed by atoms with E-state index in [1.165, 1.54) is 17.5 Å². The molecule has 1 saturated heterocycles. The van der Waals surface area contributed by atoms with Crippen LogP contribution in [0.1, 0.15) is 30.0 Å². The Balaban J connectivity index is 2.03. The van der Waals surface area contributed by atoms with Crippen molar-refractivity contribution in [2.24, 2.45) is 0 Å². The normalized spacial score (nSPS) is 33.6. The van der Waals surface area contributed by atoms with Gasteiger partial charge in [-0.1, -0.05) is 24.3 Å². The predicted molar refractivity (Wildman–Crippen MR) is 66.9 cm³/mol. The largest absolute Gasteiger partial charge is 0.308 e. The molecule has 0 spiro atoms.